The van der Waals surface area contributed by atoms with E-state index in [1.54, 1.807) is 0 Å². The normalized spacial score (nSPS) is 35.2. The van der Waals surface area contributed by atoms with E-state index >= 15 is 0 Å². The number of hydrogen-bond donors (Lipinski definition) is 2. The lowest BCUT2D eigenvalue weighted by Gasteiger charge is -2.57. The molecule has 4 aliphatic rings. The zero-order valence-corrected chi connectivity index (χ0v) is 14.5. The first kappa shape index (κ1) is 15.1. The number of rotatable bonds is 3. The minimum Gasteiger partial charge on any atom is -0.356 e. The highest BCUT2D eigenvalue weighted by molar-refractivity contribution is 7.80. The zero-order chi connectivity index (χ0) is 15.9. The summed E-state index contributed by atoms with van der Waals surface area (Å²) in [5.41, 5.74) is 5.39. The van der Waals surface area contributed by atoms with Gasteiger partial charge in [0, 0.05) is 5.54 Å². The molecule has 3 nitrogen and oxygen atoms in total. The molecule has 4 saturated carbocycles. The Morgan fingerprint density at radius 2 is 1.61 bits per heavy atom. The Hall–Kier alpha value is -1.42. The lowest BCUT2D eigenvalue weighted by molar-refractivity contribution is -0.0101. The molecule has 23 heavy (non-hydrogen) atoms. The van der Waals surface area contributed by atoms with Crippen molar-refractivity contribution in [2.45, 2.75) is 51.0 Å². The summed E-state index contributed by atoms with van der Waals surface area (Å²) in [4.78, 5) is 0. The first-order valence-corrected chi connectivity index (χ1v) is 9.21. The molecule has 0 amide bonds. The summed E-state index contributed by atoms with van der Waals surface area (Å²) in [6.07, 6.45) is 8.23. The highest BCUT2D eigenvalue weighted by Gasteiger charge is 2.51. The molecule has 2 N–H and O–H groups in total. The maximum absolute atomic E-state index is 5.53. The Balaban J connectivity index is 1.39. The van der Waals surface area contributed by atoms with Crippen LogP contribution in [-0.2, 0) is 0 Å². The standard InChI is InChI=1S/C19H25N3S/c1-13(17-5-3-2-4-6-17)21-22-18(23)20-19-10-14-7-15(11-19)9-16(8-14)12-19/h2-6,14-16H,7-12H2,1H3,(H2,20,22,23)/b21-13+. The number of thiocarbonyl (C=S) groups is 1. The summed E-state index contributed by atoms with van der Waals surface area (Å²) in [6.45, 7) is 2.01. The van der Waals surface area contributed by atoms with Crippen molar-refractivity contribution in [3.05, 3.63) is 35.9 Å². The van der Waals surface area contributed by atoms with Crippen LogP contribution in [0.15, 0.2) is 35.4 Å². The molecule has 0 spiro atoms. The van der Waals surface area contributed by atoms with Crippen LogP contribution in [0.5, 0.6) is 0 Å². The molecule has 0 aliphatic heterocycles. The number of hydrazone groups is 1. The van der Waals surface area contributed by atoms with Gasteiger partial charge in [-0.15, -0.1) is 0 Å². The van der Waals surface area contributed by atoms with Crippen LogP contribution in [0, 0.1) is 17.8 Å². The Morgan fingerprint density at radius 3 is 2.17 bits per heavy atom. The van der Waals surface area contributed by atoms with E-state index in [1.165, 1.54) is 38.5 Å². The minimum absolute atomic E-state index is 0.245. The fourth-order valence-corrected chi connectivity index (χ4v) is 5.67. The molecule has 4 heteroatoms. The van der Waals surface area contributed by atoms with Crippen LogP contribution in [0.25, 0.3) is 0 Å². The summed E-state index contributed by atoms with van der Waals surface area (Å²) < 4.78 is 0. The van der Waals surface area contributed by atoms with Gasteiger partial charge in [0.1, 0.15) is 0 Å². The van der Waals surface area contributed by atoms with Crippen LogP contribution in [0.2, 0.25) is 0 Å². The average Bonchev–Trinajstić information content (AvgIpc) is 2.51. The van der Waals surface area contributed by atoms with Crippen molar-refractivity contribution in [3.63, 3.8) is 0 Å². The van der Waals surface area contributed by atoms with Gasteiger partial charge in [-0.05, 0) is 81.0 Å². The molecular weight excluding hydrogens is 302 g/mol. The van der Waals surface area contributed by atoms with E-state index in [-0.39, 0.29) is 5.54 Å². The maximum Gasteiger partial charge on any atom is 0.187 e. The highest BCUT2D eigenvalue weighted by Crippen LogP contribution is 2.55. The average molecular weight is 327 g/mol. The smallest absolute Gasteiger partial charge is 0.187 e. The summed E-state index contributed by atoms with van der Waals surface area (Å²) in [6, 6.07) is 10.2. The van der Waals surface area contributed by atoms with Crippen LogP contribution in [-0.4, -0.2) is 16.4 Å². The van der Waals surface area contributed by atoms with Crippen molar-refractivity contribution in [1.29, 1.82) is 0 Å². The van der Waals surface area contributed by atoms with Gasteiger partial charge in [0.15, 0.2) is 5.11 Å². The Bertz CT molecular complexity index is 587. The van der Waals surface area contributed by atoms with Crippen LogP contribution in [0.1, 0.15) is 51.0 Å². The van der Waals surface area contributed by atoms with E-state index in [9.17, 15) is 0 Å². The Kier molecular flexibility index (Phi) is 3.88. The lowest BCUT2D eigenvalue weighted by atomic mass is 9.53. The fraction of sp³-hybridized carbons (Fsp3) is 0.579. The third-order valence-corrected chi connectivity index (χ3v) is 6.13. The molecular formula is C19H25N3S. The second kappa shape index (κ2) is 5.90. The van der Waals surface area contributed by atoms with E-state index in [4.69, 9.17) is 12.2 Å². The molecule has 0 heterocycles. The zero-order valence-electron chi connectivity index (χ0n) is 13.7. The third kappa shape index (κ3) is 3.14. The molecule has 4 fully saturated rings. The lowest BCUT2D eigenvalue weighted by Crippen LogP contribution is -2.61. The number of nitrogens with one attached hydrogen (secondary N) is 2. The molecule has 0 atom stereocenters. The second-order valence-corrected chi connectivity index (χ2v) is 8.24. The number of benzene rings is 1. The Labute approximate surface area is 143 Å². The summed E-state index contributed by atoms with van der Waals surface area (Å²) in [7, 11) is 0. The fourth-order valence-electron chi connectivity index (χ4n) is 5.41. The Morgan fingerprint density at radius 1 is 1.04 bits per heavy atom. The van der Waals surface area contributed by atoms with Gasteiger partial charge in [0.2, 0.25) is 0 Å². The van der Waals surface area contributed by atoms with Crippen LogP contribution in [0.3, 0.4) is 0 Å². The number of hydrogen-bond acceptors (Lipinski definition) is 2. The maximum atomic E-state index is 5.53. The van der Waals surface area contributed by atoms with Crippen molar-refractivity contribution in [2.24, 2.45) is 22.9 Å². The molecule has 0 aromatic heterocycles. The summed E-state index contributed by atoms with van der Waals surface area (Å²) in [5.74, 6) is 2.77. The molecule has 0 radical (unpaired) electrons. The van der Waals surface area contributed by atoms with Gasteiger partial charge in [-0.3, -0.25) is 5.43 Å². The molecule has 0 unspecified atom stereocenters. The van der Waals surface area contributed by atoms with Gasteiger partial charge >= 0.3 is 0 Å². The van der Waals surface area contributed by atoms with E-state index in [1.807, 2.05) is 25.1 Å². The summed E-state index contributed by atoms with van der Waals surface area (Å²) in [5, 5.41) is 8.78. The first-order valence-electron chi connectivity index (χ1n) is 8.80. The molecule has 1 aromatic carbocycles. The molecule has 1 aromatic rings. The number of nitrogens with zero attached hydrogens (tertiary/aromatic N) is 1. The van der Waals surface area contributed by atoms with Gasteiger partial charge in [-0.25, -0.2) is 0 Å². The second-order valence-electron chi connectivity index (χ2n) is 7.83. The summed E-state index contributed by atoms with van der Waals surface area (Å²) >= 11 is 5.53. The molecule has 4 aliphatic carbocycles. The highest BCUT2D eigenvalue weighted by atomic mass is 32.1. The van der Waals surface area contributed by atoms with Gasteiger partial charge in [0.25, 0.3) is 0 Å². The van der Waals surface area contributed by atoms with Crippen molar-refractivity contribution in [1.82, 2.24) is 10.7 Å². The van der Waals surface area contributed by atoms with Crippen molar-refractivity contribution >= 4 is 23.0 Å². The van der Waals surface area contributed by atoms with E-state index in [0.29, 0.717) is 5.11 Å². The SMILES string of the molecule is C/C(=N\NC(=S)NC12CC3CC(CC(C3)C1)C2)c1ccccc1. The van der Waals surface area contributed by atoms with Crippen LogP contribution < -0.4 is 10.7 Å². The largest absolute Gasteiger partial charge is 0.356 e. The van der Waals surface area contributed by atoms with E-state index in [0.717, 1.165) is 29.0 Å². The monoisotopic (exact) mass is 327 g/mol. The van der Waals surface area contributed by atoms with E-state index in [2.05, 4.69) is 28.0 Å². The molecule has 4 bridgehead atoms. The third-order valence-electron chi connectivity index (χ3n) is 5.93. The predicted octanol–water partition coefficient (Wildman–Crippen LogP) is 3.84. The van der Waals surface area contributed by atoms with Gasteiger partial charge < -0.3 is 5.32 Å². The minimum atomic E-state index is 0.245. The quantitative estimate of drug-likeness (QED) is 0.503. The van der Waals surface area contributed by atoms with Crippen molar-refractivity contribution in [3.8, 4) is 0 Å². The first-order chi connectivity index (χ1) is 11.1. The van der Waals surface area contributed by atoms with Crippen molar-refractivity contribution < 1.29 is 0 Å². The van der Waals surface area contributed by atoms with E-state index < -0.39 is 0 Å². The molecule has 122 valence electrons. The van der Waals surface area contributed by atoms with Crippen molar-refractivity contribution in [2.75, 3.05) is 0 Å². The molecule has 0 saturated heterocycles. The topological polar surface area (TPSA) is 36.4 Å². The van der Waals surface area contributed by atoms with Gasteiger partial charge in [-0.2, -0.15) is 5.10 Å². The van der Waals surface area contributed by atoms with Gasteiger partial charge in [-0.1, -0.05) is 30.3 Å². The van der Waals surface area contributed by atoms with Crippen LogP contribution >= 0.6 is 12.2 Å². The molecule has 5 rings (SSSR count). The predicted molar refractivity (Wildman–Crippen MR) is 98.4 cm³/mol. The van der Waals surface area contributed by atoms with Gasteiger partial charge in [0.05, 0.1) is 5.71 Å². The van der Waals surface area contributed by atoms with Crippen LogP contribution in [0.4, 0.5) is 0 Å².